The molecule has 1 aromatic heterocycles. The second kappa shape index (κ2) is 5.52. The molecule has 5 nitrogen and oxygen atoms in total. The Balaban J connectivity index is 2.10. The first-order chi connectivity index (χ1) is 8.58. The van der Waals surface area contributed by atoms with Crippen LogP contribution >= 0.6 is 0 Å². The van der Waals surface area contributed by atoms with Gasteiger partial charge in [0.05, 0.1) is 6.10 Å². The molecule has 2 unspecified atom stereocenters. The van der Waals surface area contributed by atoms with Crippen LogP contribution in [0, 0.1) is 6.92 Å². The van der Waals surface area contributed by atoms with E-state index >= 15 is 0 Å². The van der Waals surface area contributed by atoms with Gasteiger partial charge < -0.3 is 14.5 Å². The zero-order valence-electron chi connectivity index (χ0n) is 10.9. The number of hydrogen-bond donors (Lipinski definition) is 1. The lowest BCUT2D eigenvalue weighted by Gasteiger charge is -2.36. The molecule has 0 saturated carbocycles. The van der Waals surface area contributed by atoms with Gasteiger partial charge in [0.15, 0.2) is 5.69 Å². The molecule has 2 rings (SSSR count). The largest absolute Gasteiger partial charge is 0.393 e. The van der Waals surface area contributed by atoms with Gasteiger partial charge in [-0.1, -0.05) is 5.16 Å². The summed E-state index contributed by atoms with van der Waals surface area (Å²) in [6.07, 6.45) is 3.32. The lowest BCUT2D eigenvalue weighted by molar-refractivity contribution is 0.0505. The first-order valence-corrected chi connectivity index (χ1v) is 6.50. The van der Waals surface area contributed by atoms with Crippen molar-refractivity contribution in [2.24, 2.45) is 0 Å². The van der Waals surface area contributed by atoms with Gasteiger partial charge >= 0.3 is 0 Å². The predicted octanol–water partition coefficient (Wildman–Crippen LogP) is 1.75. The molecule has 1 aliphatic heterocycles. The van der Waals surface area contributed by atoms with Gasteiger partial charge in [0.1, 0.15) is 5.76 Å². The number of aliphatic hydroxyl groups is 1. The molecular formula is C13H20N2O3. The molecule has 18 heavy (non-hydrogen) atoms. The van der Waals surface area contributed by atoms with Crippen LogP contribution in [0.25, 0.3) is 0 Å². The number of nitrogens with zero attached hydrogens (tertiary/aromatic N) is 2. The van der Waals surface area contributed by atoms with Crippen molar-refractivity contribution < 1.29 is 14.4 Å². The van der Waals surface area contributed by atoms with Gasteiger partial charge in [-0.25, -0.2) is 0 Å². The van der Waals surface area contributed by atoms with Crippen molar-refractivity contribution >= 4 is 5.91 Å². The van der Waals surface area contributed by atoms with Crippen molar-refractivity contribution in [1.29, 1.82) is 0 Å². The third-order valence-corrected chi connectivity index (χ3v) is 3.35. The third-order valence-electron chi connectivity index (χ3n) is 3.35. The molecule has 1 fully saturated rings. The van der Waals surface area contributed by atoms with Gasteiger partial charge in [-0.05, 0) is 39.5 Å². The molecule has 1 saturated heterocycles. The van der Waals surface area contributed by atoms with E-state index < -0.39 is 0 Å². The van der Waals surface area contributed by atoms with Gasteiger partial charge in [-0.2, -0.15) is 0 Å². The van der Waals surface area contributed by atoms with Gasteiger partial charge in [0, 0.05) is 18.7 Å². The third kappa shape index (κ3) is 2.90. The maximum atomic E-state index is 12.3. The van der Waals surface area contributed by atoms with Crippen LogP contribution in [0.2, 0.25) is 0 Å². The summed E-state index contributed by atoms with van der Waals surface area (Å²) in [6.45, 7) is 4.27. The van der Waals surface area contributed by atoms with E-state index in [1.807, 2.05) is 4.90 Å². The van der Waals surface area contributed by atoms with Crippen LogP contribution < -0.4 is 0 Å². The molecule has 1 aromatic rings. The zero-order valence-corrected chi connectivity index (χ0v) is 10.9. The highest BCUT2D eigenvalue weighted by atomic mass is 16.5. The van der Waals surface area contributed by atoms with Gasteiger partial charge in [-0.15, -0.1) is 0 Å². The lowest BCUT2D eigenvalue weighted by Crippen LogP contribution is -2.45. The molecule has 0 aromatic carbocycles. The molecule has 2 heterocycles. The van der Waals surface area contributed by atoms with E-state index in [0.717, 1.165) is 25.8 Å². The Labute approximate surface area is 107 Å². The number of aromatic nitrogens is 1. The van der Waals surface area contributed by atoms with E-state index in [2.05, 4.69) is 5.16 Å². The predicted molar refractivity (Wildman–Crippen MR) is 66.2 cm³/mol. The Bertz CT molecular complexity index is 414. The van der Waals surface area contributed by atoms with Gasteiger partial charge in [-0.3, -0.25) is 4.79 Å². The van der Waals surface area contributed by atoms with E-state index in [4.69, 9.17) is 4.52 Å². The molecule has 0 spiro atoms. The SMILES string of the molecule is Cc1cc(C(=O)N2CCCCC2CC(C)O)no1. The van der Waals surface area contributed by atoms with E-state index in [1.54, 1.807) is 19.9 Å². The van der Waals surface area contributed by atoms with Crippen LogP contribution in [0.3, 0.4) is 0 Å². The van der Waals surface area contributed by atoms with Crippen molar-refractivity contribution in [2.75, 3.05) is 6.54 Å². The number of aliphatic hydroxyl groups excluding tert-OH is 1. The van der Waals surface area contributed by atoms with Crippen LogP contribution in [0.4, 0.5) is 0 Å². The summed E-state index contributed by atoms with van der Waals surface area (Å²) in [4.78, 5) is 14.2. The van der Waals surface area contributed by atoms with E-state index in [-0.39, 0.29) is 18.1 Å². The minimum atomic E-state index is -0.387. The number of aryl methyl sites for hydroxylation is 1. The molecule has 2 atom stereocenters. The smallest absolute Gasteiger partial charge is 0.276 e. The van der Waals surface area contributed by atoms with Gasteiger partial charge in [0.25, 0.3) is 5.91 Å². The summed E-state index contributed by atoms with van der Waals surface area (Å²) in [7, 11) is 0. The number of carbonyl (C=O) groups is 1. The summed E-state index contributed by atoms with van der Waals surface area (Å²) < 4.78 is 4.95. The molecule has 1 amide bonds. The fourth-order valence-electron chi connectivity index (χ4n) is 2.52. The average molecular weight is 252 g/mol. The Hall–Kier alpha value is -1.36. The van der Waals surface area contributed by atoms with Crippen LogP contribution in [0.1, 0.15) is 48.9 Å². The Morgan fingerprint density at radius 1 is 1.67 bits per heavy atom. The molecule has 0 bridgehead atoms. The number of amides is 1. The summed E-state index contributed by atoms with van der Waals surface area (Å²) in [5, 5.41) is 13.3. The van der Waals surface area contributed by atoms with Crippen LogP contribution in [0.15, 0.2) is 10.6 Å². The maximum absolute atomic E-state index is 12.3. The Morgan fingerprint density at radius 2 is 2.44 bits per heavy atom. The highest BCUT2D eigenvalue weighted by Gasteiger charge is 2.29. The van der Waals surface area contributed by atoms with E-state index in [1.165, 1.54) is 0 Å². The number of carbonyl (C=O) groups excluding carboxylic acids is 1. The second-order valence-electron chi connectivity index (χ2n) is 5.06. The highest BCUT2D eigenvalue weighted by Crippen LogP contribution is 2.23. The Morgan fingerprint density at radius 3 is 3.06 bits per heavy atom. The fourth-order valence-corrected chi connectivity index (χ4v) is 2.52. The summed E-state index contributed by atoms with van der Waals surface area (Å²) >= 11 is 0. The highest BCUT2D eigenvalue weighted by molar-refractivity contribution is 5.92. The van der Waals surface area contributed by atoms with Gasteiger partial charge in [0.2, 0.25) is 0 Å². The average Bonchev–Trinajstić information content (AvgIpc) is 2.75. The number of hydrogen-bond acceptors (Lipinski definition) is 4. The van der Waals surface area contributed by atoms with Crippen molar-refractivity contribution in [1.82, 2.24) is 10.1 Å². The van der Waals surface area contributed by atoms with Crippen molar-refractivity contribution in [3.63, 3.8) is 0 Å². The van der Waals surface area contributed by atoms with E-state index in [0.29, 0.717) is 17.9 Å². The second-order valence-corrected chi connectivity index (χ2v) is 5.06. The number of likely N-dealkylation sites (tertiary alicyclic amines) is 1. The number of rotatable bonds is 3. The first-order valence-electron chi connectivity index (χ1n) is 6.50. The minimum absolute atomic E-state index is 0.0859. The topological polar surface area (TPSA) is 66.6 Å². The first kappa shape index (κ1) is 13.1. The Kier molecular flexibility index (Phi) is 4.01. The fraction of sp³-hybridized carbons (Fsp3) is 0.692. The lowest BCUT2D eigenvalue weighted by atomic mass is 9.97. The maximum Gasteiger partial charge on any atom is 0.276 e. The molecule has 100 valence electrons. The van der Waals surface area contributed by atoms with Crippen molar-refractivity contribution in [3.8, 4) is 0 Å². The quantitative estimate of drug-likeness (QED) is 0.890. The van der Waals surface area contributed by atoms with Crippen LogP contribution in [-0.2, 0) is 0 Å². The van der Waals surface area contributed by atoms with Crippen LogP contribution in [-0.4, -0.2) is 39.8 Å². The van der Waals surface area contributed by atoms with Crippen LogP contribution in [0.5, 0.6) is 0 Å². The summed E-state index contributed by atoms with van der Waals surface area (Å²) in [5.41, 5.74) is 0.366. The molecule has 0 radical (unpaired) electrons. The monoisotopic (exact) mass is 252 g/mol. The molecule has 0 aliphatic carbocycles. The number of piperidine rings is 1. The normalized spacial score (nSPS) is 21.9. The standard InChI is InChI=1S/C13H20N2O3/c1-9(16)7-11-5-3-4-6-15(11)13(17)12-8-10(2)18-14-12/h8-9,11,16H,3-7H2,1-2H3. The minimum Gasteiger partial charge on any atom is -0.393 e. The summed E-state index contributed by atoms with van der Waals surface area (Å²) in [5.74, 6) is 0.555. The molecular weight excluding hydrogens is 232 g/mol. The molecule has 1 N–H and O–H groups in total. The molecule has 5 heteroatoms. The zero-order chi connectivity index (χ0) is 13.1. The van der Waals surface area contributed by atoms with Crippen molar-refractivity contribution in [3.05, 3.63) is 17.5 Å². The van der Waals surface area contributed by atoms with Crippen molar-refractivity contribution in [2.45, 2.75) is 51.7 Å². The molecule has 1 aliphatic rings. The summed E-state index contributed by atoms with van der Waals surface area (Å²) in [6, 6.07) is 1.78. The van der Waals surface area contributed by atoms with E-state index in [9.17, 15) is 9.90 Å².